The van der Waals surface area contributed by atoms with Gasteiger partial charge in [0.2, 0.25) is 11.9 Å². The molecule has 0 bridgehead atoms. The van der Waals surface area contributed by atoms with Crippen molar-refractivity contribution >= 4 is 11.9 Å². The molecule has 0 spiro atoms. The van der Waals surface area contributed by atoms with Crippen LogP contribution >= 0.6 is 0 Å². The Labute approximate surface area is 130 Å². The second kappa shape index (κ2) is 7.02. The molecular formula is C15H23N5O2. The summed E-state index contributed by atoms with van der Waals surface area (Å²) in [5.41, 5.74) is 5.61. The van der Waals surface area contributed by atoms with Crippen LogP contribution in [-0.2, 0) is 9.53 Å². The molecule has 1 amide bonds. The van der Waals surface area contributed by atoms with E-state index in [4.69, 9.17) is 10.5 Å². The minimum atomic E-state index is -0.250. The molecule has 1 aromatic heterocycles. The molecule has 2 aliphatic rings. The van der Waals surface area contributed by atoms with Crippen molar-refractivity contribution in [1.29, 1.82) is 0 Å². The molecule has 0 saturated carbocycles. The number of hydrogen-bond donors (Lipinski definition) is 1. The molecule has 2 aliphatic heterocycles. The van der Waals surface area contributed by atoms with Gasteiger partial charge in [0.05, 0.1) is 5.92 Å². The number of carbonyl (C=O) groups excluding carboxylic acids is 1. The second-order valence-corrected chi connectivity index (χ2v) is 5.93. The van der Waals surface area contributed by atoms with Crippen LogP contribution in [0, 0.1) is 5.92 Å². The monoisotopic (exact) mass is 305 g/mol. The van der Waals surface area contributed by atoms with Gasteiger partial charge in [-0.05, 0) is 18.9 Å². The Kier molecular flexibility index (Phi) is 4.84. The maximum atomic E-state index is 11.8. The molecule has 3 rings (SSSR count). The van der Waals surface area contributed by atoms with Crippen molar-refractivity contribution in [1.82, 2.24) is 14.9 Å². The third kappa shape index (κ3) is 3.53. The molecule has 7 nitrogen and oxygen atoms in total. The maximum Gasteiger partial charge on any atom is 0.225 e. The van der Waals surface area contributed by atoms with E-state index in [9.17, 15) is 4.79 Å². The van der Waals surface area contributed by atoms with Gasteiger partial charge in [-0.1, -0.05) is 0 Å². The fourth-order valence-corrected chi connectivity index (χ4v) is 3.24. The number of ether oxygens (including phenoxy) is 1. The highest BCUT2D eigenvalue weighted by Gasteiger charge is 2.31. The van der Waals surface area contributed by atoms with Crippen LogP contribution in [0.2, 0.25) is 0 Å². The van der Waals surface area contributed by atoms with E-state index < -0.39 is 0 Å². The van der Waals surface area contributed by atoms with Crippen LogP contribution in [0.1, 0.15) is 12.8 Å². The summed E-state index contributed by atoms with van der Waals surface area (Å²) < 4.78 is 5.44. The van der Waals surface area contributed by atoms with Crippen molar-refractivity contribution < 1.29 is 9.53 Å². The Hall–Kier alpha value is -1.73. The zero-order chi connectivity index (χ0) is 15.4. The zero-order valence-electron chi connectivity index (χ0n) is 12.7. The van der Waals surface area contributed by atoms with Crippen molar-refractivity contribution in [2.45, 2.75) is 18.9 Å². The van der Waals surface area contributed by atoms with Gasteiger partial charge in [0.1, 0.15) is 0 Å². The number of nitrogens with zero attached hydrogens (tertiary/aromatic N) is 4. The van der Waals surface area contributed by atoms with Crippen LogP contribution in [0.15, 0.2) is 18.5 Å². The Balaban J connectivity index is 1.74. The lowest BCUT2D eigenvalue weighted by atomic mass is 10.0. The number of hydrogen-bond acceptors (Lipinski definition) is 6. The van der Waals surface area contributed by atoms with Gasteiger partial charge in [0, 0.05) is 57.8 Å². The number of primary amides is 1. The maximum absolute atomic E-state index is 11.8. The Morgan fingerprint density at radius 3 is 2.59 bits per heavy atom. The summed E-state index contributed by atoms with van der Waals surface area (Å²) in [5.74, 6) is 0.219. The summed E-state index contributed by atoms with van der Waals surface area (Å²) in [6, 6.07) is 2.27. The third-order valence-corrected chi connectivity index (χ3v) is 4.50. The smallest absolute Gasteiger partial charge is 0.225 e. The summed E-state index contributed by atoms with van der Waals surface area (Å²) in [6.07, 6.45) is 5.49. The minimum absolute atomic E-state index is 0.200. The quantitative estimate of drug-likeness (QED) is 0.838. The van der Waals surface area contributed by atoms with Crippen LogP contribution in [-0.4, -0.2) is 66.2 Å². The van der Waals surface area contributed by atoms with E-state index in [1.165, 1.54) is 0 Å². The average molecular weight is 305 g/mol. The fourth-order valence-electron chi connectivity index (χ4n) is 3.24. The summed E-state index contributed by atoms with van der Waals surface area (Å²) in [6.45, 7) is 4.60. The number of nitrogens with two attached hydrogens (primary N) is 1. The summed E-state index contributed by atoms with van der Waals surface area (Å²) in [7, 11) is 0. The Morgan fingerprint density at radius 1 is 1.18 bits per heavy atom. The first-order valence-corrected chi connectivity index (χ1v) is 7.87. The van der Waals surface area contributed by atoms with Gasteiger partial charge < -0.3 is 15.4 Å². The van der Waals surface area contributed by atoms with Gasteiger partial charge in [-0.15, -0.1) is 0 Å². The number of rotatable bonds is 3. The Morgan fingerprint density at radius 2 is 1.91 bits per heavy atom. The molecule has 120 valence electrons. The molecule has 2 N–H and O–H groups in total. The third-order valence-electron chi connectivity index (χ3n) is 4.50. The molecule has 1 aromatic rings. The fraction of sp³-hybridized carbons (Fsp3) is 0.667. The summed E-state index contributed by atoms with van der Waals surface area (Å²) in [4.78, 5) is 24.9. The summed E-state index contributed by atoms with van der Waals surface area (Å²) >= 11 is 0. The van der Waals surface area contributed by atoms with Gasteiger partial charge in [0.15, 0.2) is 0 Å². The zero-order valence-corrected chi connectivity index (χ0v) is 12.7. The van der Waals surface area contributed by atoms with E-state index in [-0.39, 0.29) is 11.8 Å². The van der Waals surface area contributed by atoms with E-state index >= 15 is 0 Å². The van der Waals surface area contributed by atoms with Crippen molar-refractivity contribution in [2.24, 2.45) is 11.7 Å². The molecule has 2 saturated heterocycles. The first-order valence-electron chi connectivity index (χ1n) is 7.87. The van der Waals surface area contributed by atoms with Crippen molar-refractivity contribution in [3.8, 4) is 0 Å². The lowest BCUT2D eigenvalue weighted by Crippen LogP contribution is -2.44. The lowest BCUT2D eigenvalue weighted by molar-refractivity contribution is -0.122. The van der Waals surface area contributed by atoms with Crippen LogP contribution < -0.4 is 10.6 Å². The van der Waals surface area contributed by atoms with E-state index in [2.05, 4.69) is 19.8 Å². The van der Waals surface area contributed by atoms with E-state index in [0.717, 1.165) is 39.1 Å². The number of aromatic nitrogens is 2. The molecule has 0 radical (unpaired) electrons. The second-order valence-electron chi connectivity index (χ2n) is 5.93. The van der Waals surface area contributed by atoms with Crippen LogP contribution in [0.5, 0.6) is 0 Å². The molecule has 0 aromatic carbocycles. The van der Waals surface area contributed by atoms with Crippen LogP contribution in [0.3, 0.4) is 0 Å². The van der Waals surface area contributed by atoms with Crippen LogP contribution in [0.4, 0.5) is 5.95 Å². The Bertz CT molecular complexity index is 492. The van der Waals surface area contributed by atoms with Gasteiger partial charge in [-0.25, -0.2) is 9.97 Å². The van der Waals surface area contributed by atoms with E-state index in [1.807, 2.05) is 0 Å². The van der Waals surface area contributed by atoms with Crippen molar-refractivity contribution in [2.75, 3.05) is 44.3 Å². The standard InChI is InChI=1S/C15H23N5O2/c16-14(21)12-10-19(13-2-8-22-9-3-13)6-7-20(11-12)15-17-4-1-5-18-15/h1,4-5,12-13H,2-3,6-11H2,(H2,16,21)/t12-/m0/s1. The molecule has 0 aliphatic carbocycles. The van der Waals surface area contributed by atoms with E-state index in [0.29, 0.717) is 25.1 Å². The number of amides is 1. The van der Waals surface area contributed by atoms with Crippen LogP contribution in [0.25, 0.3) is 0 Å². The van der Waals surface area contributed by atoms with Gasteiger partial charge in [0.25, 0.3) is 0 Å². The van der Waals surface area contributed by atoms with Gasteiger partial charge >= 0.3 is 0 Å². The predicted molar refractivity (Wildman–Crippen MR) is 82.3 cm³/mol. The first kappa shape index (κ1) is 15.2. The highest BCUT2D eigenvalue weighted by molar-refractivity contribution is 5.77. The average Bonchev–Trinajstić information content (AvgIpc) is 2.80. The molecule has 7 heteroatoms. The van der Waals surface area contributed by atoms with E-state index in [1.54, 1.807) is 18.5 Å². The molecule has 2 fully saturated rings. The van der Waals surface area contributed by atoms with Gasteiger partial charge in [-0.3, -0.25) is 9.69 Å². The molecule has 3 heterocycles. The molecule has 0 unspecified atom stereocenters. The largest absolute Gasteiger partial charge is 0.381 e. The molecular weight excluding hydrogens is 282 g/mol. The number of carbonyl (C=O) groups is 1. The first-order chi connectivity index (χ1) is 10.7. The van der Waals surface area contributed by atoms with Crippen molar-refractivity contribution in [3.63, 3.8) is 0 Å². The summed E-state index contributed by atoms with van der Waals surface area (Å²) in [5, 5.41) is 0. The number of anilines is 1. The highest BCUT2D eigenvalue weighted by atomic mass is 16.5. The van der Waals surface area contributed by atoms with Crippen molar-refractivity contribution in [3.05, 3.63) is 18.5 Å². The molecule has 22 heavy (non-hydrogen) atoms. The van der Waals surface area contributed by atoms with Gasteiger partial charge in [-0.2, -0.15) is 0 Å². The lowest BCUT2D eigenvalue weighted by Gasteiger charge is -2.34. The highest BCUT2D eigenvalue weighted by Crippen LogP contribution is 2.20. The minimum Gasteiger partial charge on any atom is -0.381 e. The normalized spacial score (nSPS) is 24.9. The topological polar surface area (TPSA) is 84.6 Å². The predicted octanol–water partition coefficient (Wildman–Crippen LogP) is -0.121. The SMILES string of the molecule is NC(=O)[C@@H]1CN(c2ncccn2)CCN(C2CCOCC2)C1. The molecule has 1 atom stereocenters.